The number of hydrogen-bond donors (Lipinski definition) is 3. The number of carbonyl (C=O) groups excluding carboxylic acids is 4. The van der Waals surface area contributed by atoms with Crippen molar-refractivity contribution in [1.29, 1.82) is 0 Å². The fraction of sp³-hybridized carbons (Fsp3) is 0.333. The lowest BCUT2D eigenvalue weighted by Crippen LogP contribution is -2.57. The molecule has 1 aromatic carbocycles. The quantitative estimate of drug-likeness (QED) is 0.499. The Bertz CT molecular complexity index is 751. The number of fused-ring (bicyclic) bond motifs is 1. The van der Waals surface area contributed by atoms with Crippen LogP contribution in [0.3, 0.4) is 0 Å². The number of anilines is 1. The molecule has 2 unspecified atom stereocenters. The molecule has 2 aliphatic heterocycles. The summed E-state index contributed by atoms with van der Waals surface area (Å²) in [6, 6.07) is 3.76. The van der Waals surface area contributed by atoms with Crippen molar-refractivity contribution in [3.05, 3.63) is 29.3 Å². The number of nitrogens with zero attached hydrogens (tertiary/aromatic N) is 1. The van der Waals surface area contributed by atoms with Crippen LogP contribution < -0.4 is 10.6 Å². The highest BCUT2D eigenvalue weighted by atomic mass is 79.9. The first-order valence-electron chi connectivity index (χ1n) is 7.28. The molecule has 3 N–H and O–H groups in total. The second kappa shape index (κ2) is 6.33. The van der Waals surface area contributed by atoms with Crippen molar-refractivity contribution in [2.45, 2.75) is 25.1 Å². The monoisotopic (exact) mass is 395 g/mol. The van der Waals surface area contributed by atoms with Crippen LogP contribution in [0, 0.1) is 0 Å². The summed E-state index contributed by atoms with van der Waals surface area (Å²) in [6.07, 6.45) is -1.02. The molecule has 4 amide bonds. The number of halogens is 1. The number of hydrogen-bond acceptors (Lipinski definition) is 5. The number of piperidine rings is 1. The number of imide groups is 1. The summed E-state index contributed by atoms with van der Waals surface area (Å²) < 4.78 is 0. The zero-order valence-corrected chi connectivity index (χ0v) is 14.0. The summed E-state index contributed by atoms with van der Waals surface area (Å²) in [6.45, 7) is 0. The van der Waals surface area contributed by atoms with Gasteiger partial charge < -0.3 is 15.7 Å². The van der Waals surface area contributed by atoms with E-state index in [1.54, 1.807) is 6.07 Å². The van der Waals surface area contributed by atoms with Gasteiger partial charge in [-0.15, -0.1) is 0 Å². The summed E-state index contributed by atoms with van der Waals surface area (Å²) in [5.74, 6) is -1.83. The van der Waals surface area contributed by atoms with Gasteiger partial charge in [-0.3, -0.25) is 24.1 Å². The highest BCUT2D eigenvalue weighted by Crippen LogP contribution is 2.32. The average molecular weight is 396 g/mol. The lowest BCUT2D eigenvalue weighted by Gasteiger charge is -2.33. The molecule has 1 aromatic rings. The Morgan fingerprint density at radius 1 is 1.33 bits per heavy atom. The van der Waals surface area contributed by atoms with Crippen LogP contribution in [0.25, 0.3) is 0 Å². The molecule has 8 nitrogen and oxygen atoms in total. The minimum absolute atomic E-state index is 0.0515. The van der Waals surface area contributed by atoms with Gasteiger partial charge in [-0.2, -0.15) is 0 Å². The maximum atomic E-state index is 12.7. The molecule has 24 heavy (non-hydrogen) atoms. The maximum Gasteiger partial charge on any atom is 0.264 e. The van der Waals surface area contributed by atoms with Gasteiger partial charge in [0, 0.05) is 6.42 Å². The summed E-state index contributed by atoms with van der Waals surface area (Å²) in [5, 5.41) is 15.0. The molecule has 0 aromatic heterocycles. The maximum absolute atomic E-state index is 12.7. The van der Waals surface area contributed by atoms with E-state index in [0.29, 0.717) is 0 Å². The third-order valence-corrected chi connectivity index (χ3v) is 4.52. The minimum Gasteiger partial charge on any atom is -0.372 e. The molecular weight excluding hydrogens is 382 g/mol. The SMILES string of the molecule is O=C(CBr)Nc1cccc2c1C(=O)N(C1CCC(=O)NC1O)C2=O. The third-order valence-electron chi connectivity index (χ3n) is 4.01. The second-order valence-electron chi connectivity index (χ2n) is 5.51. The minimum atomic E-state index is -1.31. The Hall–Kier alpha value is -2.26. The van der Waals surface area contributed by atoms with Crippen molar-refractivity contribution in [3.63, 3.8) is 0 Å². The molecule has 2 atom stereocenters. The zero-order chi connectivity index (χ0) is 17.4. The predicted octanol–water partition coefficient (Wildman–Crippen LogP) is 0.213. The molecule has 0 saturated carbocycles. The number of alkyl halides is 1. The number of aliphatic hydroxyl groups is 1. The molecule has 0 radical (unpaired) electrons. The van der Waals surface area contributed by atoms with Crippen molar-refractivity contribution < 1.29 is 24.3 Å². The van der Waals surface area contributed by atoms with Gasteiger partial charge in [0.15, 0.2) is 0 Å². The van der Waals surface area contributed by atoms with Gasteiger partial charge in [0.05, 0.1) is 28.2 Å². The van der Waals surface area contributed by atoms with Crippen LogP contribution in [0.4, 0.5) is 5.69 Å². The molecule has 9 heteroatoms. The van der Waals surface area contributed by atoms with Crippen LogP contribution in [0.1, 0.15) is 33.6 Å². The highest BCUT2D eigenvalue weighted by molar-refractivity contribution is 9.09. The van der Waals surface area contributed by atoms with Crippen molar-refractivity contribution in [2.75, 3.05) is 10.6 Å². The van der Waals surface area contributed by atoms with Crippen LogP contribution in [-0.4, -0.2) is 51.2 Å². The number of carbonyl (C=O) groups is 4. The van der Waals surface area contributed by atoms with E-state index in [9.17, 15) is 24.3 Å². The second-order valence-corrected chi connectivity index (χ2v) is 6.07. The van der Waals surface area contributed by atoms with Crippen LogP contribution in [-0.2, 0) is 9.59 Å². The number of rotatable bonds is 3. The van der Waals surface area contributed by atoms with E-state index in [1.165, 1.54) is 12.1 Å². The van der Waals surface area contributed by atoms with E-state index in [1.807, 2.05) is 0 Å². The fourth-order valence-electron chi connectivity index (χ4n) is 2.93. The van der Waals surface area contributed by atoms with E-state index in [-0.39, 0.29) is 46.8 Å². The van der Waals surface area contributed by atoms with E-state index in [0.717, 1.165) is 4.90 Å². The Balaban J connectivity index is 1.95. The zero-order valence-electron chi connectivity index (χ0n) is 12.4. The van der Waals surface area contributed by atoms with E-state index in [4.69, 9.17) is 0 Å². The van der Waals surface area contributed by atoms with E-state index < -0.39 is 24.1 Å². The molecule has 1 fully saturated rings. The average Bonchev–Trinajstić information content (AvgIpc) is 2.80. The third kappa shape index (κ3) is 2.69. The van der Waals surface area contributed by atoms with Gasteiger partial charge >= 0.3 is 0 Å². The fourth-order valence-corrected chi connectivity index (χ4v) is 3.07. The summed E-state index contributed by atoms with van der Waals surface area (Å²) in [4.78, 5) is 49.2. The smallest absolute Gasteiger partial charge is 0.264 e. The van der Waals surface area contributed by atoms with Gasteiger partial charge in [-0.1, -0.05) is 22.0 Å². The topological polar surface area (TPSA) is 116 Å². The number of aliphatic hydroxyl groups excluding tert-OH is 1. The number of nitrogens with one attached hydrogen (secondary N) is 2. The lowest BCUT2D eigenvalue weighted by atomic mass is 10.0. The van der Waals surface area contributed by atoms with Crippen LogP contribution in [0.2, 0.25) is 0 Å². The van der Waals surface area contributed by atoms with Gasteiger partial charge in [0.2, 0.25) is 11.8 Å². The van der Waals surface area contributed by atoms with Gasteiger partial charge in [0.25, 0.3) is 11.8 Å². The molecule has 3 rings (SSSR count). The Morgan fingerprint density at radius 3 is 2.75 bits per heavy atom. The molecule has 1 saturated heterocycles. The first kappa shape index (κ1) is 16.6. The molecule has 2 aliphatic rings. The van der Waals surface area contributed by atoms with Crippen molar-refractivity contribution >= 4 is 45.2 Å². The molecule has 0 spiro atoms. The Kier molecular flexibility index (Phi) is 4.37. The van der Waals surface area contributed by atoms with Crippen molar-refractivity contribution in [2.24, 2.45) is 0 Å². The first-order chi connectivity index (χ1) is 11.4. The Morgan fingerprint density at radius 2 is 2.08 bits per heavy atom. The number of benzene rings is 1. The molecule has 2 heterocycles. The highest BCUT2D eigenvalue weighted by Gasteiger charge is 2.45. The number of amides is 4. The van der Waals surface area contributed by atoms with Crippen LogP contribution in [0.5, 0.6) is 0 Å². The van der Waals surface area contributed by atoms with E-state index in [2.05, 4.69) is 26.6 Å². The predicted molar refractivity (Wildman–Crippen MR) is 86.5 cm³/mol. The summed E-state index contributed by atoms with van der Waals surface area (Å²) in [5.41, 5.74) is 0.504. The van der Waals surface area contributed by atoms with Crippen LogP contribution in [0.15, 0.2) is 18.2 Å². The summed E-state index contributed by atoms with van der Waals surface area (Å²) in [7, 11) is 0. The first-order valence-corrected chi connectivity index (χ1v) is 8.40. The molecule has 126 valence electrons. The van der Waals surface area contributed by atoms with Crippen LogP contribution >= 0.6 is 15.9 Å². The standard InChI is InChI=1S/C15H14BrN3O5/c16-6-11(21)17-8-3-1-2-7-12(8)15(24)19(14(7)23)9-4-5-10(20)18-13(9)22/h1-3,9,13,22H,4-6H2,(H,17,21)(H,18,20). The van der Waals surface area contributed by atoms with Crippen molar-refractivity contribution in [1.82, 2.24) is 10.2 Å². The van der Waals surface area contributed by atoms with Gasteiger partial charge in [-0.05, 0) is 18.6 Å². The molecule has 0 bridgehead atoms. The molecule has 0 aliphatic carbocycles. The van der Waals surface area contributed by atoms with Crippen molar-refractivity contribution in [3.8, 4) is 0 Å². The molecular formula is C15H14BrN3O5. The van der Waals surface area contributed by atoms with Gasteiger partial charge in [0.1, 0.15) is 6.23 Å². The normalized spacial score (nSPS) is 23.1. The van der Waals surface area contributed by atoms with E-state index >= 15 is 0 Å². The lowest BCUT2D eigenvalue weighted by molar-refractivity contribution is -0.129. The largest absolute Gasteiger partial charge is 0.372 e. The Labute approximate surface area is 145 Å². The summed E-state index contributed by atoms with van der Waals surface area (Å²) >= 11 is 3.02. The van der Waals surface area contributed by atoms with Gasteiger partial charge in [-0.25, -0.2) is 0 Å².